The third kappa shape index (κ3) is 3.71. The highest BCUT2D eigenvalue weighted by molar-refractivity contribution is 7.99. The lowest BCUT2D eigenvalue weighted by atomic mass is 9.68. The smallest absolute Gasteiger partial charge is 0.303 e. The standard InChI is InChI=1S/C23H26O4S/c1-17(24)25-22(2)14-13-19-15-21(22)26-27-23(19,18-9-5-3-6-10-18)16-28-20-11-7-4-8-12-20/h3-12,19,21H,13-16H2,1-2H3/t19?,21?,22?,23-/m1/s1. The SMILES string of the molecule is CC(=O)OC1(C)CCC2CC1OO[C@]2(CSc1ccccc1)c1ccccc1. The van der Waals surface area contributed by atoms with Crippen LogP contribution in [0, 0.1) is 5.92 Å². The Kier molecular flexibility index (Phi) is 5.50. The number of hydrogen-bond acceptors (Lipinski definition) is 5. The summed E-state index contributed by atoms with van der Waals surface area (Å²) < 4.78 is 5.62. The third-order valence-electron chi connectivity index (χ3n) is 5.98. The van der Waals surface area contributed by atoms with Gasteiger partial charge in [-0.1, -0.05) is 48.5 Å². The molecule has 5 heteroatoms. The number of benzene rings is 2. The van der Waals surface area contributed by atoms with Crippen LogP contribution in [0.15, 0.2) is 65.6 Å². The Morgan fingerprint density at radius 1 is 1.14 bits per heavy atom. The summed E-state index contributed by atoms with van der Waals surface area (Å²) in [5.74, 6) is 0.792. The summed E-state index contributed by atoms with van der Waals surface area (Å²) in [5.41, 5.74) is -0.00825. The highest BCUT2D eigenvalue weighted by atomic mass is 32.2. The van der Waals surface area contributed by atoms with Gasteiger partial charge in [0.15, 0.2) is 0 Å². The molecule has 0 spiro atoms. The van der Waals surface area contributed by atoms with Crippen molar-refractivity contribution in [3.8, 4) is 0 Å². The maximum absolute atomic E-state index is 11.6. The van der Waals surface area contributed by atoms with Crippen molar-refractivity contribution < 1.29 is 19.3 Å². The molecule has 0 amide bonds. The molecule has 2 aromatic rings. The Hall–Kier alpha value is -1.82. The summed E-state index contributed by atoms with van der Waals surface area (Å²) in [4.78, 5) is 24.9. The van der Waals surface area contributed by atoms with Gasteiger partial charge < -0.3 is 4.74 Å². The molecule has 1 heterocycles. The quantitative estimate of drug-likeness (QED) is 0.397. The number of thioether (sulfide) groups is 1. The minimum atomic E-state index is -0.627. The normalized spacial score (nSPS) is 31.9. The van der Waals surface area contributed by atoms with Crippen LogP contribution in [0.3, 0.4) is 0 Å². The Bertz CT molecular complexity index is 812. The van der Waals surface area contributed by atoms with Crippen LogP contribution in [0.4, 0.5) is 0 Å². The molecule has 1 aliphatic heterocycles. The Labute approximate surface area is 170 Å². The highest BCUT2D eigenvalue weighted by Gasteiger charge is 2.56. The molecule has 0 radical (unpaired) electrons. The van der Waals surface area contributed by atoms with E-state index in [0.29, 0.717) is 5.92 Å². The number of esters is 1. The first-order chi connectivity index (χ1) is 13.5. The van der Waals surface area contributed by atoms with E-state index in [1.54, 1.807) is 11.8 Å². The van der Waals surface area contributed by atoms with E-state index in [0.717, 1.165) is 30.6 Å². The van der Waals surface area contributed by atoms with Crippen molar-refractivity contribution in [2.75, 3.05) is 5.75 Å². The third-order valence-corrected chi connectivity index (χ3v) is 7.16. The van der Waals surface area contributed by atoms with Crippen LogP contribution >= 0.6 is 11.8 Å². The van der Waals surface area contributed by atoms with Gasteiger partial charge in [0.05, 0.1) is 0 Å². The van der Waals surface area contributed by atoms with Crippen LogP contribution in [0.25, 0.3) is 0 Å². The molecular weight excluding hydrogens is 372 g/mol. The van der Waals surface area contributed by atoms with Gasteiger partial charge in [-0.2, -0.15) is 0 Å². The minimum absolute atomic E-state index is 0.242. The largest absolute Gasteiger partial charge is 0.457 e. The molecule has 28 heavy (non-hydrogen) atoms. The van der Waals surface area contributed by atoms with E-state index in [2.05, 4.69) is 36.4 Å². The van der Waals surface area contributed by atoms with Crippen LogP contribution in [0.1, 0.15) is 38.7 Å². The van der Waals surface area contributed by atoms with Gasteiger partial charge in [0.2, 0.25) is 0 Å². The van der Waals surface area contributed by atoms with Crippen molar-refractivity contribution in [1.82, 2.24) is 0 Å². The van der Waals surface area contributed by atoms with E-state index < -0.39 is 11.2 Å². The molecular formula is C23H26O4S. The summed E-state index contributed by atoms with van der Waals surface area (Å²) in [7, 11) is 0. The second-order valence-electron chi connectivity index (χ2n) is 7.90. The maximum Gasteiger partial charge on any atom is 0.303 e. The summed E-state index contributed by atoms with van der Waals surface area (Å²) in [6.45, 7) is 3.40. The predicted octanol–water partition coefficient (Wildman–Crippen LogP) is 5.13. The average molecular weight is 399 g/mol. The predicted molar refractivity (Wildman–Crippen MR) is 109 cm³/mol. The Balaban J connectivity index is 1.60. The molecule has 1 saturated carbocycles. The zero-order chi connectivity index (χ0) is 19.6. The van der Waals surface area contributed by atoms with Crippen molar-refractivity contribution >= 4 is 17.7 Å². The highest BCUT2D eigenvalue weighted by Crippen LogP contribution is 2.52. The van der Waals surface area contributed by atoms with Crippen LogP contribution in [-0.4, -0.2) is 23.4 Å². The van der Waals surface area contributed by atoms with Crippen LogP contribution in [0.2, 0.25) is 0 Å². The second kappa shape index (κ2) is 7.90. The maximum atomic E-state index is 11.6. The van der Waals surface area contributed by atoms with Crippen LogP contribution in [-0.2, 0) is 24.9 Å². The molecule has 0 aromatic heterocycles. The van der Waals surface area contributed by atoms with Crippen LogP contribution < -0.4 is 0 Å². The van der Waals surface area contributed by atoms with E-state index in [9.17, 15) is 4.79 Å². The van der Waals surface area contributed by atoms with Gasteiger partial charge in [0.1, 0.15) is 17.3 Å². The van der Waals surface area contributed by atoms with Gasteiger partial charge in [-0.05, 0) is 49.8 Å². The van der Waals surface area contributed by atoms with Crippen molar-refractivity contribution in [2.45, 2.75) is 55.3 Å². The number of hydrogen-bond donors (Lipinski definition) is 0. The minimum Gasteiger partial charge on any atom is -0.457 e. The van der Waals surface area contributed by atoms with E-state index in [4.69, 9.17) is 14.5 Å². The van der Waals surface area contributed by atoms with Crippen molar-refractivity contribution in [3.05, 3.63) is 66.2 Å². The van der Waals surface area contributed by atoms with E-state index in [-0.39, 0.29) is 12.1 Å². The first kappa shape index (κ1) is 19.5. The number of ether oxygens (including phenoxy) is 1. The fourth-order valence-electron chi connectivity index (χ4n) is 4.41. The molecule has 1 aliphatic carbocycles. The lowest BCUT2D eigenvalue weighted by Crippen LogP contribution is -2.58. The van der Waals surface area contributed by atoms with Gasteiger partial charge in [-0.15, -0.1) is 11.8 Å². The number of carbonyl (C=O) groups is 1. The molecule has 2 fully saturated rings. The molecule has 2 aliphatic rings. The van der Waals surface area contributed by atoms with E-state index in [1.165, 1.54) is 11.8 Å². The van der Waals surface area contributed by atoms with Crippen molar-refractivity contribution in [3.63, 3.8) is 0 Å². The van der Waals surface area contributed by atoms with E-state index in [1.807, 2.05) is 31.2 Å². The van der Waals surface area contributed by atoms with Crippen LogP contribution in [0.5, 0.6) is 0 Å². The first-order valence-electron chi connectivity index (χ1n) is 9.79. The summed E-state index contributed by atoms with van der Waals surface area (Å²) >= 11 is 1.79. The van der Waals surface area contributed by atoms with Gasteiger partial charge in [0, 0.05) is 17.6 Å². The lowest BCUT2D eigenvalue weighted by Gasteiger charge is -2.53. The molecule has 4 nitrogen and oxygen atoms in total. The molecule has 0 N–H and O–H groups in total. The Morgan fingerprint density at radius 2 is 1.82 bits per heavy atom. The topological polar surface area (TPSA) is 44.8 Å². The molecule has 148 valence electrons. The molecule has 4 rings (SSSR count). The fraction of sp³-hybridized carbons (Fsp3) is 0.435. The first-order valence-corrected chi connectivity index (χ1v) is 10.8. The lowest BCUT2D eigenvalue weighted by molar-refractivity contribution is -0.450. The zero-order valence-corrected chi connectivity index (χ0v) is 17.1. The summed E-state index contributed by atoms with van der Waals surface area (Å²) in [5, 5.41) is 0. The summed E-state index contributed by atoms with van der Waals surface area (Å²) in [6, 6.07) is 20.7. The fourth-order valence-corrected chi connectivity index (χ4v) is 5.59. The molecule has 3 unspecified atom stereocenters. The van der Waals surface area contributed by atoms with Gasteiger partial charge in [-0.3, -0.25) is 4.79 Å². The molecule has 2 aromatic carbocycles. The average Bonchev–Trinajstić information content (AvgIpc) is 2.71. The van der Waals surface area contributed by atoms with Crippen molar-refractivity contribution in [1.29, 1.82) is 0 Å². The second-order valence-corrected chi connectivity index (χ2v) is 8.95. The summed E-state index contributed by atoms with van der Waals surface area (Å²) in [6.07, 6.45) is 2.27. The zero-order valence-electron chi connectivity index (χ0n) is 16.3. The molecule has 1 saturated heterocycles. The van der Waals surface area contributed by atoms with Crippen molar-refractivity contribution in [2.24, 2.45) is 5.92 Å². The molecule has 2 bridgehead atoms. The number of rotatable bonds is 5. The number of carbonyl (C=O) groups excluding carboxylic acids is 1. The van der Waals surface area contributed by atoms with Gasteiger partial charge in [0.25, 0.3) is 0 Å². The van der Waals surface area contributed by atoms with Gasteiger partial charge in [-0.25, -0.2) is 9.78 Å². The monoisotopic (exact) mass is 398 g/mol. The number of fused-ring (bicyclic) bond motifs is 2. The van der Waals surface area contributed by atoms with E-state index >= 15 is 0 Å². The van der Waals surface area contributed by atoms with Gasteiger partial charge >= 0.3 is 5.97 Å². The molecule has 4 atom stereocenters. The Morgan fingerprint density at radius 3 is 2.50 bits per heavy atom.